The summed E-state index contributed by atoms with van der Waals surface area (Å²) in [5, 5.41) is 23.1. The third-order valence-electron chi connectivity index (χ3n) is 16.2. The number of amides is 1. The number of hydrogen-bond acceptors (Lipinski definition) is 5. The van der Waals surface area contributed by atoms with Crippen LogP contribution in [0.25, 0.3) is 0 Å². The molecule has 3 N–H and O–H groups in total. The van der Waals surface area contributed by atoms with E-state index in [0.29, 0.717) is 19.4 Å². The monoisotopic (exact) mass is 1080 g/mol. The molecule has 0 heterocycles. The van der Waals surface area contributed by atoms with E-state index in [1.54, 1.807) is 6.08 Å². The van der Waals surface area contributed by atoms with E-state index in [1.807, 2.05) is 6.08 Å². The molecule has 0 aliphatic carbocycles. The van der Waals surface area contributed by atoms with Gasteiger partial charge in [-0.05, 0) is 64.2 Å². The third kappa shape index (κ3) is 63.1. The number of ether oxygens (including phenoxy) is 1. The van der Waals surface area contributed by atoms with E-state index in [0.717, 1.165) is 51.4 Å². The van der Waals surface area contributed by atoms with Crippen molar-refractivity contribution in [3.63, 3.8) is 0 Å². The van der Waals surface area contributed by atoms with Crippen LogP contribution in [0, 0.1) is 0 Å². The molecular formula is C71H135NO5. The van der Waals surface area contributed by atoms with Gasteiger partial charge in [0, 0.05) is 12.8 Å². The Morgan fingerprint density at radius 2 is 0.649 bits per heavy atom. The molecule has 0 aliphatic heterocycles. The molecule has 0 fully saturated rings. The number of unbranched alkanes of at least 4 members (excludes halogenated alkanes) is 50. The maximum absolute atomic E-state index is 12.5. The Morgan fingerprint density at radius 1 is 0.364 bits per heavy atom. The van der Waals surface area contributed by atoms with Gasteiger partial charge in [0.25, 0.3) is 0 Å². The summed E-state index contributed by atoms with van der Waals surface area (Å²) >= 11 is 0. The second-order valence-electron chi connectivity index (χ2n) is 23.9. The zero-order valence-electron chi connectivity index (χ0n) is 52.0. The molecule has 6 nitrogen and oxygen atoms in total. The van der Waals surface area contributed by atoms with Crippen LogP contribution in [-0.4, -0.2) is 47.4 Å². The van der Waals surface area contributed by atoms with Crippen molar-refractivity contribution in [1.82, 2.24) is 5.32 Å². The minimum Gasteiger partial charge on any atom is -0.466 e. The van der Waals surface area contributed by atoms with E-state index in [-0.39, 0.29) is 18.5 Å². The highest BCUT2D eigenvalue weighted by molar-refractivity contribution is 5.76. The molecule has 0 bridgehead atoms. The summed E-state index contributed by atoms with van der Waals surface area (Å²) in [5.74, 6) is -0.0553. The van der Waals surface area contributed by atoms with Crippen molar-refractivity contribution in [3.05, 3.63) is 36.5 Å². The van der Waals surface area contributed by atoms with Crippen LogP contribution >= 0.6 is 0 Å². The Kier molecular flexibility index (Phi) is 64.9. The van der Waals surface area contributed by atoms with Crippen molar-refractivity contribution < 1.29 is 24.5 Å². The van der Waals surface area contributed by atoms with Crippen LogP contribution in [0.15, 0.2) is 36.5 Å². The first kappa shape index (κ1) is 75.1. The van der Waals surface area contributed by atoms with Gasteiger partial charge < -0.3 is 20.3 Å². The normalized spacial score (nSPS) is 12.7. The molecule has 0 aromatic carbocycles. The largest absolute Gasteiger partial charge is 0.466 e. The molecule has 0 radical (unpaired) electrons. The molecule has 454 valence electrons. The second kappa shape index (κ2) is 66.6. The highest BCUT2D eigenvalue weighted by atomic mass is 16.5. The van der Waals surface area contributed by atoms with Crippen LogP contribution in [0.3, 0.4) is 0 Å². The van der Waals surface area contributed by atoms with Gasteiger partial charge in [0.15, 0.2) is 0 Å². The number of rotatable bonds is 65. The second-order valence-corrected chi connectivity index (χ2v) is 23.9. The van der Waals surface area contributed by atoms with Crippen LogP contribution in [0.5, 0.6) is 0 Å². The summed E-state index contributed by atoms with van der Waals surface area (Å²) in [5.41, 5.74) is 0. The van der Waals surface area contributed by atoms with Crippen molar-refractivity contribution in [1.29, 1.82) is 0 Å². The summed E-state index contributed by atoms with van der Waals surface area (Å²) in [6.45, 7) is 4.89. The highest BCUT2D eigenvalue weighted by Crippen LogP contribution is 2.19. The third-order valence-corrected chi connectivity index (χ3v) is 16.2. The molecule has 0 saturated carbocycles. The molecule has 0 aromatic rings. The number of nitrogens with one attached hydrogen (secondary N) is 1. The number of hydrogen-bond donors (Lipinski definition) is 3. The van der Waals surface area contributed by atoms with Gasteiger partial charge in [0.05, 0.1) is 25.4 Å². The predicted molar refractivity (Wildman–Crippen MR) is 338 cm³/mol. The van der Waals surface area contributed by atoms with Gasteiger partial charge >= 0.3 is 5.97 Å². The summed E-state index contributed by atoms with van der Waals surface area (Å²) < 4.78 is 5.49. The SMILES string of the molecule is CCCCC/C=C\C/C=C\CCCCCCCC(=O)OCCCCCCCCCCCCCCCCCCCCCCCCCCCCCCCCCCC(=O)NC(CO)C(O)/C=C/CCCCCCCCCCCCC. The van der Waals surface area contributed by atoms with Crippen LogP contribution in [0.2, 0.25) is 0 Å². The Hall–Kier alpha value is -1.92. The van der Waals surface area contributed by atoms with Gasteiger partial charge in [0.1, 0.15) is 0 Å². The number of carbonyl (C=O) groups is 2. The number of aliphatic hydroxyl groups excluding tert-OH is 2. The first-order valence-electron chi connectivity index (χ1n) is 34.8. The average molecular weight is 1080 g/mol. The van der Waals surface area contributed by atoms with Gasteiger partial charge in [-0.2, -0.15) is 0 Å². The summed E-state index contributed by atoms with van der Waals surface area (Å²) in [4.78, 5) is 24.5. The quantitative estimate of drug-likeness (QED) is 0.0320. The molecular weight excluding hydrogens is 947 g/mol. The highest BCUT2D eigenvalue weighted by Gasteiger charge is 2.18. The molecule has 2 unspecified atom stereocenters. The molecule has 0 spiro atoms. The molecule has 0 rings (SSSR count). The smallest absolute Gasteiger partial charge is 0.305 e. The van der Waals surface area contributed by atoms with E-state index in [2.05, 4.69) is 43.5 Å². The fraction of sp³-hybridized carbons (Fsp3) is 0.887. The fourth-order valence-electron chi connectivity index (χ4n) is 10.8. The van der Waals surface area contributed by atoms with Crippen LogP contribution in [0.1, 0.15) is 380 Å². The lowest BCUT2D eigenvalue weighted by Gasteiger charge is -2.20. The first-order valence-corrected chi connectivity index (χ1v) is 34.8. The van der Waals surface area contributed by atoms with Gasteiger partial charge in [-0.3, -0.25) is 9.59 Å². The lowest BCUT2D eigenvalue weighted by molar-refractivity contribution is -0.143. The van der Waals surface area contributed by atoms with E-state index >= 15 is 0 Å². The van der Waals surface area contributed by atoms with Gasteiger partial charge in [-0.15, -0.1) is 0 Å². The first-order chi connectivity index (χ1) is 38.0. The van der Waals surface area contributed by atoms with Crippen molar-refractivity contribution in [2.75, 3.05) is 13.2 Å². The van der Waals surface area contributed by atoms with E-state index < -0.39 is 12.1 Å². The minimum absolute atomic E-state index is 0.00706. The molecule has 0 saturated heterocycles. The molecule has 0 aromatic heterocycles. The lowest BCUT2D eigenvalue weighted by Crippen LogP contribution is -2.45. The lowest BCUT2D eigenvalue weighted by atomic mass is 10.0. The molecule has 6 heteroatoms. The van der Waals surface area contributed by atoms with E-state index in [9.17, 15) is 19.8 Å². The van der Waals surface area contributed by atoms with Crippen molar-refractivity contribution in [2.24, 2.45) is 0 Å². The van der Waals surface area contributed by atoms with E-state index in [4.69, 9.17) is 4.74 Å². The van der Waals surface area contributed by atoms with Gasteiger partial charge in [-0.1, -0.05) is 339 Å². The summed E-state index contributed by atoms with van der Waals surface area (Å²) in [6, 6.07) is -0.623. The Labute approximate surface area is 481 Å². The molecule has 0 aliphatic rings. The summed E-state index contributed by atoms with van der Waals surface area (Å²) in [6.07, 6.45) is 85.2. The summed E-state index contributed by atoms with van der Waals surface area (Å²) in [7, 11) is 0. The number of esters is 1. The van der Waals surface area contributed by atoms with Crippen LogP contribution in [0.4, 0.5) is 0 Å². The molecule has 77 heavy (non-hydrogen) atoms. The zero-order chi connectivity index (χ0) is 55.7. The van der Waals surface area contributed by atoms with Gasteiger partial charge in [-0.25, -0.2) is 0 Å². The fourth-order valence-corrected chi connectivity index (χ4v) is 10.8. The zero-order valence-corrected chi connectivity index (χ0v) is 52.0. The van der Waals surface area contributed by atoms with Crippen LogP contribution in [-0.2, 0) is 14.3 Å². The number of carbonyl (C=O) groups excluding carboxylic acids is 2. The maximum atomic E-state index is 12.5. The molecule has 1 amide bonds. The van der Waals surface area contributed by atoms with Crippen molar-refractivity contribution in [2.45, 2.75) is 392 Å². The van der Waals surface area contributed by atoms with Crippen molar-refractivity contribution in [3.8, 4) is 0 Å². The Balaban J connectivity index is 3.33. The Bertz CT molecular complexity index is 1250. The predicted octanol–water partition coefficient (Wildman–Crippen LogP) is 22.3. The number of allylic oxidation sites excluding steroid dienone is 5. The van der Waals surface area contributed by atoms with E-state index in [1.165, 1.54) is 302 Å². The topological polar surface area (TPSA) is 95.9 Å². The van der Waals surface area contributed by atoms with Crippen molar-refractivity contribution >= 4 is 11.9 Å². The minimum atomic E-state index is -0.840. The standard InChI is InChI=1S/C71H135NO5/c1-3-5-7-9-11-13-15-17-36-41-45-49-53-57-61-65-71(76)77-66-62-58-54-50-46-42-38-35-33-31-29-27-25-23-21-19-18-20-22-24-26-28-30-32-34-37-40-44-48-52-56-60-64-70(75)72-68(67-73)69(74)63-59-55-51-47-43-39-16-14-12-10-8-6-4-2/h11,13,17,36,59,63,68-69,73-74H,3-10,12,14-16,18-35,37-58,60-62,64-67H2,1-2H3,(H,72,75)/b13-11-,36-17-,63-59+. The Morgan fingerprint density at radius 3 is 1.01 bits per heavy atom. The molecule has 2 atom stereocenters. The van der Waals surface area contributed by atoms with Crippen LogP contribution < -0.4 is 5.32 Å². The maximum Gasteiger partial charge on any atom is 0.305 e. The average Bonchev–Trinajstić information content (AvgIpc) is 3.43. The van der Waals surface area contributed by atoms with Gasteiger partial charge in [0.2, 0.25) is 5.91 Å². The number of aliphatic hydroxyl groups is 2.